The van der Waals surface area contributed by atoms with Crippen molar-refractivity contribution in [3.8, 4) is 0 Å². The fraction of sp³-hybridized carbons (Fsp3) is 0.263. The quantitative estimate of drug-likeness (QED) is 0.617. The van der Waals surface area contributed by atoms with Gasteiger partial charge in [0.25, 0.3) is 0 Å². The molecule has 3 aromatic rings. The van der Waals surface area contributed by atoms with E-state index in [-0.39, 0.29) is 5.91 Å². The Bertz CT molecular complexity index is 778. The van der Waals surface area contributed by atoms with E-state index in [1.165, 1.54) is 30.2 Å². The number of carbonyl (C=O) groups is 1. The van der Waals surface area contributed by atoms with Crippen LogP contribution in [0.15, 0.2) is 53.7 Å². The summed E-state index contributed by atoms with van der Waals surface area (Å²) in [5.74, 6) is 0.305. The molecule has 3 rings (SSSR count). The number of anilines is 1. The molecule has 0 atom stereocenters. The lowest BCUT2D eigenvalue weighted by Crippen LogP contribution is -2.14. The number of unbranched alkanes of at least 4 members (excludes halogenated alkanes) is 1. The molecule has 4 nitrogen and oxygen atoms in total. The zero-order chi connectivity index (χ0) is 16.8. The van der Waals surface area contributed by atoms with E-state index >= 15 is 0 Å². The maximum atomic E-state index is 12.1. The average Bonchev–Trinajstić information content (AvgIpc) is 3.02. The van der Waals surface area contributed by atoms with Gasteiger partial charge in [-0.2, -0.15) is 0 Å². The second-order valence-corrected chi connectivity index (χ2v) is 6.66. The summed E-state index contributed by atoms with van der Waals surface area (Å²) in [6.07, 6.45) is 3.48. The summed E-state index contributed by atoms with van der Waals surface area (Å²) < 4.78 is 0. The van der Waals surface area contributed by atoms with Gasteiger partial charge in [0, 0.05) is 5.69 Å². The number of benzene rings is 2. The van der Waals surface area contributed by atoms with Crippen LogP contribution in [0.3, 0.4) is 0 Å². The van der Waals surface area contributed by atoms with E-state index in [1.54, 1.807) is 0 Å². The van der Waals surface area contributed by atoms with E-state index in [4.69, 9.17) is 0 Å². The molecule has 1 heterocycles. The highest BCUT2D eigenvalue weighted by Gasteiger charge is 2.07. The van der Waals surface area contributed by atoms with Crippen molar-refractivity contribution in [2.45, 2.75) is 31.3 Å². The number of thioether (sulfide) groups is 1. The lowest BCUT2D eigenvalue weighted by Gasteiger charge is -2.06. The predicted octanol–water partition coefficient (Wildman–Crippen LogP) is 4.64. The number of nitrogens with one attached hydrogen (secondary N) is 2. The maximum absolute atomic E-state index is 12.1. The minimum absolute atomic E-state index is 0.0261. The standard InChI is InChI=1S/C19H21N3OS/c1-2-3-6-14-9-11-15(12-10-14)20-18(23)13-24-19-21-16-7-4-5-8-17(16)22-19/h4-5,7-12H,2-3,6,13H2,1H3,(H,20,23)(H,21,22). The molecule has 0 saturated carbocycles. The number of hydrogen-bond acceptors (Lipinski definition) is 3. The van der Waals surface area contributed by atoms with Gasteiger partial charge >= 0.3 is 0 Å². The van der Waals surface area contributed by atoms with Gasteiger partial charge in [0.2, 0.25) is 5.91 Å². The van der Waals surface area contributed by atoms with Crippen molar-refractivity contribution in [3.63, 3.8) is 0 Å². The van der Waals surface area contributed by atoms with Crippen LogP contribution in [-0.2, 0) is 11.2 Å². The Morgan fingerprint density at radius 3 is 2.71 bits per heavy atom. The highest BCUT2D eigenvalue weighted by Crippen LogP contribution is 2.19. The third-order valence-corrected chi connectivity index (χ3v) is 4.64. The molecule has 0 radical (unpaired) electrons. The SMILES string of the molecule is CCCCc1ccc(NC(=O)CSc2nc3ccccc3[nH]2)cc1. The number of H-pyrrole nitrogens is 1. The molecule has 0 spiro atoms. The van der Waals surface area contributed by atoms with Crippen LogP contribution in [0.2, 0.25) is 0 Å². The third-order valence-electron chi connectivity index (χ3n) is 3.76. The van der Waals surface area contributed by atoms with Gasteiger partial charge in [-0.15, -0.1) is 0 Å². The van der Waals surface area contributed by atoms with Crippen molar-refractivity contribution in [1.29, 1.82) is 0 Å². The number of carbonyl (C=O) groups excluding carboxylic acids is 1. The summed E-state index contributed by atoms with van der Waals surface area (Å²) >= 11 is 1.41. The lowest BCUT2D eigenvalue weighted by atomic mass is 10.1. The van der Waals surface area contributed by atoms with Gasteiger partial charge in [-0.25, -0.2) is 4.98 Å². The Labute approximate surface area is 146 Å². The third kappa shape index (κ3) is 4.38. The van der Waals surface area contributed by atoms with Crippen LogP contribution in [0.4, 0.5) is 5.69 Å². The largest absolute Gasteiger partial charge is 0.333 e. The molecular weight excluding hydrogens is 318 g/mol. The van der Waals surface area contributed by atoms with Crippen molar-refractivity contribution >= 4 is 34.4 Å². The van der Waals surface area contributed by atoms with Crippen LogP contribution in [0, 0.1) is 0 Å². The zero-order valence-corrected chi connectivity index (χ0v) is 14.5. The van der Waals surface area contributed by atoms with E-state index in [2.05, 4.69) is 34.3 Å². The molecule has 0 aliphatic heterocycles. The minimum atomic E-state index is -0.0261. The van der Waals surface area contributed by atoms with E-state index in [0.717, 1.165) is 28.3 Å². The molecule has 2 N–H and O–H groups in total. The van der Waals surface area contributed by atoms with Gasteiger partial charge in [0.1, 0.15) is 0 Å². The first-order chi connectivity index (χ1) is 11.7. The van der Waals surface area contributed by atoms with Gasteiger partial charge in [0.05, 0.1) is 16.8 Å². The molecule has 1 aromatic heterocycles. The summed E-state index contributed by atoms with van der Waals surface area (Å²) in [6, 6.07) is 15.9. The number of nitrogens with zero attached hydrogens (tertiary/aromatic N) is 1. The summed E-state index contributed by atoms with van der Waals surface area (Å²) in [6.45, 7) is 2.19. The predicted molar refractivity (Wildman–Crippen MR) is 101 cm³/mol. The molecule has 124 valence electrons. The van der Waals surface area contributed by atoms with Crippen LogP contribution in [0.25, 0.3) is 11.0 Å². The highest BCUT2D eigenvalue weighted by molar-refractivity contribution is 7.99. The summed E-state index contributed by atoms with van der Waals surface area (Å²) in [4.78, 5) is 19.8. The molecular formula is C19H21N3OS. The molecule has 1 amide bonds. The van der Waals surface area contributed by atoms with Crippen LogP contribution in [-0.4, -0.2) is 21.6 Å². The zero-order valence-electron chi connectivity index (χ0n) is 13.7. The number of rotatable bonds is 7. The van der Waals surface area contributed by atoms with Crippen molar-refractivity contribution in [3.05, 3.63) is 54.1 Å². The molecule has 0 aliphatic carbocycles. The second-order valence-electron chi connectivity index (χ2n) is 5.70. The number of amides is 1. The smallest absolute Gasteiger partial charge is 0.234 e. The Hall–Kier alpha value is -2.27. The number of aryl methyl sites for hydroxylation is 1. The summed E-state index contributed by atoms with van der Waals surface area (Å²) in [5.41, 5.74) is 4.06. The monoisotopic (exact) mass is 339 g/mol. The number of hydrogen-bond donors (Lipinski definition) is 2. The van der Waals surface area contributed by atoms with Crippen LogP contribution < -0.4 is 5.32 Å². The van der Waals surface area contributed by atoms with Crippen molar-refractivity contribution in [2.75, 3.05) is 11.1 Å². The molecule has 5 heteroatoms. The molecule has 0 unspecified atom stereocenters. The van der Waals surface area contributed by atoms with E-state index in [0.29, 0.717) is 5.75 Å². The minimum Gasteiger partial charge on any atom is -0.333 e. The van der Waals surface area contributed by atoms with Gasteiger partial charge < -0.3 is 10.3 Å². The fourth-order valence-electron chi connectivity index (χ4n) is 2.46. The van der Waals surface area contributed by atoms with Gasteiger partial charge in [-0.05, 0) is 42.7 Å². The first-order valence-electron chi connectivity index (χ1n) is 8.21. The number of aromatic amines is 1. The Balaban J connectivity index is 1.51. The molecule has 24 heavy (non-hydrogen) atoms. The fourth-order valence-corrected chi connectivity index (χ4v) is 3.15. The molecule has 0 saturated heterocycles. The van der Waals surface area contributed by atoms with Crippen molar-refractivity contribution in [2.24, 2.45) is 0 Å². The number of aromatic nitrogens is 2. The topological polar surface area (TPSA) is 57.8 Å². The van der Waals surface area contributed by atoms with E-state index < -0.39 is 0 Å². The normalized spacial score (nSPS) is 10.9. The number of imidazole rings is 1. The highest BCUT2D eigenvalue weighted by atomic mass is 32.2. The number of para-hydroxylation sites is 2. The van der Waals surface area contributed by atoms with Gasteiger partial charge in [-0.1, -0.05) is 49.4 Å². The number of fused-ring (bicyclic) bond motifs is 1. The molecule has 0 bridgehead atoms. The second kappa shape index (κ2) is 8.02. The van der Waals surface area contributed by atoms with E-state index in [1.807, 2.05) is 36.4 Å². The maximum Gasteiger partial charge on any atom is 0.234 e. The average molecular weight is 339 g/mol. The van der Waals surface area contributed by atoms with Crippen molar-refractivity contribution < 1.29 is 4.79 Å². The van der Waals surface area contributed by atoms with Crippen LogP contribution in [0.5, 0.6) is 0 Å². The molecule has 0 fully saturated rings. The molecule has 2 aromatic carbocycles. The van der Waals surface area contributed by atoms with E-state index in [9.17, 15) is 4.79 Å². The van der Waals surface area contributed by atoms with Gasteiger partial charge in [-0.3, -0.25) is 4.79 Å². The summed E-state index contributed by atoms with van der Waals surface area (Å²) in [7, 11) is 0. The van der Waals surface area contributed by atoms with Crippen LogP contribution >= 0.6 is 11.8 Å². The Morgan fingerprint density at radius 1 is 1.17 bits per heavy atom. The first-order valence-corrected chi connectivity index (χ1v) is 9.19. The first kappa shape index (κ1) is 16.6. The van der Waals surface area contributed by atoms with Crippen LogP contribution in [0.1, 0.15) is 25.3 Å². The lowest BCUT2D eigenvalue weighted by molar-refractivity contribution is -0.113. The molecule has 0 aliphatic rings. The van der Waals surface area contributed by atoms with Gasteiger partial charge in [0.15, 0.2) is 5.16 Å². The Morgan fingerprint density at radius 2 is 1.96 bits per heavy atom. The summed E-state index contributed by atoms with van der Waals surface area (Å²) in [5, 5.41) is 3.69. The van der Waals surface area contributed by atoms with Crippen molar-refractivity contribution in [1.82, 2.24) is 9.97 Å². The Kier molecular flexibility index (Phi) is 5.54.